The lowest BCUT2D eigenvalue weighted by Crippen LogP contribution is -2.28. The quantitative estimate of drug-likeness (QED) is 0.621. The minimum atomic E-state index is -3.34. The Morgan fingerprint density at radius 1 is 1.45 bits per heavy atom. The number of aromatic nitrogens is 1. The maximum absolute atomic E-state index is 13.5. The standard InChI is InChI=1S/C21H26F3N3O2/c1-4-29-20(28)19-17(6-5-9-26-19)11-25-13-18-10-14(2)16(12-27-18)7-8-21(23,24)15(3)22/h5,9-12,15,25H,4,6-8,13H2,1-3H3/b17-11+. The Kier molecular flexibility index (Phi) is 7.99. The number of nitrogens with one attached hydrogen (secondary N) is 1. The van der Waals surface area contributed by atoms with Gasteiger partial charge in [-0.15, -0.1) is 0 Å². The zero-order valence-electron chi connectivity index (χ0n) is 16.8. The molecule has 0 aliphatic carbocycles. The van der Waals surface area contributed by atoms with Crippen LogP contribution in [-0.4, -0.2) is 35.4 Å². The molecule has 8 heteroatoms. The smallest absolute Gasteiger partial charge is 0.357 e. The molecule has 1 aromatic rings. The van der Waals surface area contributed by atoms with Gasteiger partial charge in [0, 0.05) is 30.6 Å². The Morgan fingerprint density at radius 3 is 2.86 bits per heavy atom. The van der Waals surface area contributed by atoms with Gasteiger partial charge in [0.25, 0.3) is 5.92 Å². The predicted molar refractivity (Wildman–Crippen MR) is 106 cm³/mol. The average molecular weight is 409 g/mol. The molecule has 0 fully saturated rings. The van der Waals surface area contributed by atoms with Gasteiger partial charge in [0.05, 0.1) is 18.8 Å². The van der Waals surface area contributed by atoms with E-state index in [1.165, 1.54) is 0 Å². The number of halogens is 3. The number of nitrogens with zero attached hydrogens (tertiary/aromatic N) is 2. The summed E-state index contributed by atoms with van der Waals surface area (Å²) in [5.74, 6) is -3.81. The van der Waals surface area contributed by atoms with Crippen molar-refractivity contribution in [2.24, 2.45) is 4.99 Å². The molecule has 158 valence electrons. The first-order valence-electron chi connectivity index (χ1n) is 9.53. The number of esters is 1. The summed E-state index contributed by atoms with van der Waals surface area (Å²) in [6, 6.07) is 1.80. The third kappa shape index (κ3) is 6.44. The minimum Gasteiger partial charge on any atom is -0.461 e. The number of hydrogen-bond donors (Lipinski definition) is 1. The van der Waals surface area contributed by atoms with Gasteiger partial charge < -0.3 is 10.1 Å². The fraction of sp³-hybridized carbons (Fsp3) is 0.476. The van der Waals surface area contributed by atoms with Gasteiger partial charge in [0.1, 0.15) is 0 Å². The van der Waals surface area contributed by atoms with Gasteiger partial charge in [0.2, 0.25) is 0 Å². The van der Waals surface area contributed by atoms with Gasteiger partial charge in [-0.25, -0.2) is 23.0 Å². The normalized spacial score (nSPS) is 16.5. The molecule has 1 aromatic heterocycles. The number of aliphatic imine (C=N–C) groups is 1. The first-order valence-corrected chi connectivity index (χ1v) is 9.53. The largest absolute Gasteiger partial charge is 0.461 e. The summed E-state index contributed by atoms with van der Waals surface area (Å²) in [4.78, 5) is 20.3. The molecular weight excluding hydrogens is 383 g/mol. The van der Waals surface area contributed by atoms with Crippen molar-refractivity contribution < 1.29 is 22.7 Å². The van der Waals surface area contributed by atoms with Crippen LogP contribution in [0.1, 0.15) is 43.5 Å². The van der Waals surface area contributed by atoms with E-state index in [4.69, 9.17) is 4.74 Å². The molecule has 0 aromatic carbocycles. The molecule has 0 saturated carbocycles. The Labute approximate surface area is 168 Å². The summed E-state index contributed by atoms with van der Waals surface area (Å²) in [7, 11) is 0. The molecule has 1 aliphatic rings. The van der Waals surface area contributed by atoms with Crippen LogP contribution in [-0.2, 0) is 22.5 Å². The molecule has 0 amide bonds. The fourth-order valence-corrected chi connectivity index (χ4v) is 2.78. The fourth-order valence-electron chi connectivity index (χ4n) is 2.78. The lowest BCUT2D eigenvalue weighted by molar-refractivity contribution is -0.134. The number of pyridine rings is 1. The van der Waals surface area contributed by atoms with Crippen LogP contribution in [0.4, 0.5) is 13.2 Å². The molecule has 1 unspecified atom stereocenters. The Hall–Kier alpha value is -2.64. The second-order valence-electron chi connectivity index (χ2n) is 6.82. The van der Waals surface area contributed by atoms with E-state index in [9.17, 15) is 18.0 Å². The molecule has 1 aliphatic heterocycles. The van der Waals surface area contributed by atoms with E-state index >= 15 is 0 Å². The molecule has 0 saturated heterocycles. The lowest BCUT2D eigenvalue weighted by Gasteiger charge is -2.18. The number of aryl methyl sites for hydroxylation is 2. The minimum absolute atomic E-state index is 0.0591. The van der Waals surface area contributed by atoms with Crippen LogP contribution in [0.25, 0.3) is 0 Å². The number of alkyl halides is 3. The average Bonchev–Trinajstić information content (AvgIpc) is 2.67. The van der Waals surface area contributed by atoms with Crippen molar-refractivity contribution in [1.82, 2.24) is 10.3 Å². The molecule has 2 heterocycles. The summed E-state index contributed by atoms with van der Waals surface area (Å²) in [6.07, 6.45) is 4.54. The monoisotopic (exact) mass is 409 g/mol. The third-order valence-electron chi connectivity index (χ3n) is 4.56. The van der Waals surface area contributed by atoms with Gasteiger partial charge in [-0.2, -0.15) is 0 Å². The molecule has 5 nitrogen and oxygen atoms in total. The third-order valence-corrected chi connectivity index (χ3v) is 4.56. The van der Waals surface area contributed by atoms with E-state index in [0.717, 1.165) is 18.2 Å². The topological polar surface area (TPSA) is 63.6 Å². The highest BCUT2D eigenvalue weighted by Crippen LogP contribution is 2.27. The van der Waals surface area contributed by atoms with Crippen LogP contribution >= 0.6 is 0 Å². The highest BCUT2D eigenvalue weighted by molar-refractivity contribution is 6.43. The number of carbonyl (C=O) groups excluding carboxylic acids is 1. The maximum atomic E-state index is 13.5. The van der Waals surface area contributed by atoms with Crippen molar-refractivity contribution in [3.8, 4) is 0 Å². The van der Waals surface area contributed by atoms with E-state index in [0.29, 0.717) is 24.1 Å². The Morgan fingerprint density at radius 2 is 2.21 bits per heavy atom. The van der Waals surface area contributed by atoms with E-state index in [2.05, 4.69) is 15.3 Å². The van der Waals surface area contributed by atoms with Crippen molar-refractivity contribution in [1.29, 1.82) is 0 Å². The maximum Gasteiger partial charge on any atom is 0.357 e. The Balaban J connectivity index is 1.97. The molecule has 0 bridgehead atoms. The first-order chi connectivity index (χ1) is 13.7. The van der Waals surface area contributed by atoms with Crippen LogP contribution in [0.2, 0.25) is 0 Å². The highest BCUT2D eigenvalue weighted by atomic mass is 19.3. The van der Waals surface area contributed by atoms with Crippen molar-refractivity contribution in [2.75, 3.05) is 6.61 Å². The van der Waals surface area contributed by atoms with Crippen molar-refractivity contribution >= 4 is 11.7 Å². The highest BCUT2D eigenvalue weighted by Gasteiger charge is 2.36. The lowest BCUT2D eigenvalue weighted by atomic mass is 10.0. The second kappa shape index (κ2) is 10.2. The second-order valence-corrected chi connectivity index (χ2v) is 6.82. The number of hydrogen-bond acceptors (Lipinski definition) is 5. The van der Waals surface area contributed by atoms with E-state index in [1.54, 1.807) is 31.6 Å². The molecule has 2 rings (SSSR count). The number of carbonyl (C=O) groups is 1. The zero-order valence-corrected chi connectivity index (χ0v) is 16.8. The molecule has 0 spiro atoms. The molecule has 0 radical (unpaired) electrons. The van der Waals surface area contributed by atoms with Gasteiger partial charge in [-0.1, -0.05) is 6.08 Å². The van der Waals surface area contributed by atoms with Gasteiger partial charge in [-0.05, 0) is 50.8 Å². The van der Waals surface area contributed by atoms with Gasteiger partial charge in [-0.3, -0.25) is 4.98 Å². The molecule has 29 heavy (non-hydrogen) atoms. The summed E-state index contributed by atoms with van der Waals surface area (Å²) in [6.45, 7) is 5.08. The molecule has 1 atom stereocenters. The Bertz CT molecular complexity index is 817. The van der Waals surface area contributed by atoms with Crippen molar-refractivity contribution in [2.45, 2.75) is 58.7 Å². The van der Waals surface area contributed by atoms with E-state index in [1.807, 2.05) is 13.0 Å². The first kappa shape index (κ1) is 22.6. The molecular formula is C21H26F3N3O2. The SMILES string of the molecule is CCOC(=O)C1=NC=CC/C1=C\NCc1cc(C)c(CCC(F)(F)C(C)F)cn1. The van der Waals surface area contributed by atoms with Crippen LogP contribution in [0.3, 0.4) is 0 Å². The predicted octanol–water partition coefficient (Wildman–Crippen LogP) is 4.21. The van der Waals surface area contributed by atoms with Gasteiger partial charge >= 0.3 is 5.97 Å². The number of rotatable bonds is 9. The number of ether oxygens (including phenoxy) is 1. The van der Waals surface area contributed by atoms with Crippen LogP contribution in [0, 0.1) is 6.92 Å². The van der Waals surface area contributed by atoms with Crippen LogP contribution in [0.15, 0.2) is 41.3 Å². The zero-order chi connectivity index (χ0) is 21.4. The summed E-state index contributed by atoms with van der Waals surface area (Å²) in [5.41, 5.74) is 3.18. The number of allylic oxidation sites excluding steroid dienone is 1. The summed E-state index contributed by atoms with van der Waals surface area (Å²) < 4.78 is 44.9. The molecule has 1 N–H and O–H groups in total. The van der Waals surface area contributed by atoms with Gasteiger partial charge in [0.15, 0.2) is 11.9 Å². The van der Waals surface area contributed by atoms with E-state index in [-0.39, 0.29) is 18.7 Å². The van der Waals surface area contributed by atoms with Crippen LogP contribution in [0.5, 0.6) is 0 Å². The van der Waals surface area contributed by atoms with Crippen molar-refractivity contribution in [3.05, 3.63) is 53.1 Å². The van der Waals surface area contributed by atoms with E-state index < -0.39 is 24.5 Å². The summed E-state index contributed by atoms with van der Waals surface area (Å²) >= 11 is 0. The summed E-state index contributed by atoms with van der Waals surface area (Å²) in [5, 5.41) is 3.10. The van der Waals surface area contributed by atoms with Crippen molar-refractivity contribution in [3.63, 3.8) is 0 Å². The van der Waals surface area contributed by atoms with Crippen LogP contribution < -0.4 is 5.32 Å².